The monoisotopic (exact) mass is 1180 g/mol. The van der Waals surface area contributed by atoms with Crippen molar-refractivity contribution in [2.75, 3.05) is 69.5 Å². The molecular formula is C57H65BrN7O16+. The van der Waals surface area contributed by atoms with Crippen LogP contribution in [-0.2, 0) is 62.4 Å². The Labute approximate surface area is 474 Å². The molecule has 7 N–H and O–H groups in total. The van der Waals surface area contributed by atoms with Gasteiger partial charge >= 0.3 is 5.97 Å². The van der Waals surface area contributed by atoms with Crippen molar-refractivity contribution in [1.29, 1.82) is 0 Å². The predicted octanol–water partition coefficient (Wildman–Crippen LogP) is 2.34. The third kappa shape index (κ3) is 17.0. The number of aryl methyl sites for hydroxylation is 2. The summed E-state index contributed by atoms with van der Waals surface area (Å²) in [4.78, 5) is 98.1. The zero-order chi connectivity index (χ0) is 58.2. The summed E-state index contributed by atoms with van der Waals surface area (Å²) >= 11 is 3.62. The number of aromatic amines is 1. The van der Waals surface area contributed by atoms with E-state index in [0.717, 1.165) is 21.3 Å². The standard InChI is InChI=1S/C57H64BrN7O16/c1-4-18-64(33-39-29-41-43(30-42(39)58)60-35(3)61-54(41)73)40-11-9-38(10-12-40)45(66)13-7-36-6-5-19-63(31-36)32-37-8-14-46(80-57-52(72)50(70)51(71)53(81-57)56(75)76)44(28-37)62-48(68)15-17-59-47(67)16-21-77-23-25-79-26-24-78-22-20-65-49(69)27-34(2)55(65)74/h1,5-6,8-12,14,19,28-31,34,50-53,57,70-72H,7,13,15-18,20-27,32-33H2,2-3H3,(H3-,59,60,61,62,67,68,73,75,76)/p+1/t34?,50-,51-,52+,53-,57+/m0/s1. The van der Waals surface area contributed by atoms with Crippen molar-refractivity contribution in [1.82, 2.24) is 20.2 Å². The van der Waals surface area contributed by atoms with Gasteiger partial charge in [-0.25, -0.2) is 14.3 Å². The number of terminal acetylenes is 1. The number of anilines is 2. The summed E-state index contributed by atoms with van der Waals surface area (Å²) in [5, 5.41) is 46.8. The number of pyridine rings is 1. The Morgan fingerprint density at radius 1 is 0.901 bits per heavy atom. The highest BCUT2D eigenvalue weighted by Gasteiger charge is 2.48. The molecule has 0 aliphatic carbocycles. The number of nitrogens with one attached hydrogen (secondary N) is 3. The van der Waals surface area contributed by atoms with Crippen LogP contribution in [-0.4, -0.2) is 161 Å². The Bertz CT molecular complexity index is 3170. The van der Waals surface area contributed by atoms with Crippen LogP contribution in [0, 0.1) is 25.2 Å². The molecule has 7 rings (SSSR count). The number of rotatable bonds is 29. The average Bonchev–Trinajstić information content (AvgIpc) is 3.70. The number of hydrogen-bond acceptors (Lipinski definition) is 17. The number of aliphatic hydroxyl groups is 3. The third-order valence-electron chi connectivity index (χ3n) is 13.3. The maximum Gasteiger partial charge on any atom is 0.335 e. The van der Waals surface area contributed by atoms with E-state index in [4.69, 9.17) is 30.1 Å². The third-order valence-corrected chi connectivity index (χ3v) is 14.0. The van der Waals surface area contributed by atoms with Crippen LogP contribution >= 0.6 is 15.9 Å². The van der Waals surface area contributed by atoms with Crippen LogP contribution in [0.5, 0.6) is 5.75 Å². The lowest BCUT2D eigenvalue weighted by Crippen LogP contribution is -2.61. The molecule has 4 heterocycles. The molecule has 1 unspecified atom stereocenters. The molecule has 0 bridgehead atoms. The molecular weight excluding hydrogens is 1120 g/mol. The molecule has 0 spiro atoms. The molecule has 5 aromatic rings. The Morgan fingerprint density at radius 3 is 2.33 bits per heavy atom. The first-order chi connectivity index (χ1) is 38.9. The molecule has 2 fully saturated rings. The topological polar surface area (TPSA) is 310 Å². The van der Waals surface area contributed by atoms with Gasteiger partial charge < -0.3 is 64.6 Å². The fraction of sp³-hybridized carbons (Fsp3) is 0.421. The zero-order valence-electron chi connectivity index (χ0n) is 44.7. The highest BCUT2D eigenvalue weighted by Crippen LogP contribution is 2.32. The second kappa shape index (κ2) is 29.3. The van der Waals surface area contributed by atoms with Gasteiger partial charge in [0.2, 0.25) is 29.9 Å². The van der Waals surface area contributed by atoms with Gasteiger partial charge in [-0.05, 0) is 79.6 Å². The van der Waals surface area contributed by atoms with E-state index in [0.29, 0.717) is 40.8 Å². The number of benzene rings is 3. The van der Waals surface area contributed by atoms with Crippen molar-refractivity contribution >= 4 is 73.6 Å². The molecule has 2 aromatic heterocycles. The summed E-state index contributed by atoms with van der Waals surface area (Å²) in [6, 6.07) is 19.2. The van der Waals surface area contributed by atoms with Gasteiger partial charge in [0.25, 0.3) is 5.56 Å². The summed E-state index contributed by atoms with van der Waals surface area (Å²) in [6.45, 7) is 5.78. The molecule has 0 saturated carbocycles. The zero-order valence-corrected chi connectivity index (χ0v) is 46.3. The Hall–Kier alpha value is -7.47. The Morgan fingerprint density at radius 2 is 1.63 bits per heavy atom. The quantitative estimate of drug-likeness (QED) is 0.0119. The number of fused-ring (bicyclic) bond motifs is 1. The van der Waals surface area contributed by atoms with E-state index >= 15 is 0 Å². The van der Waals surface area contributed by atoms with Gasteiger partial charge in [-0.1, -0.05) is 28.8 Å². The summed E-state index contributed by atoms with van der Waals surface area (Å²) in [6.07, 6.45) is 0.624. The largest absolute Gasteiger partial charge is 0.479 e. The van der Waals surface area contributed by atoms with E-state index in [9.17, 15) is 54.0 Å². The summed E-state index contributed by atoms with van der Waals surface area (Å²) in [7, 11) is 0. The van der Waals surface area contributed by atoms with Crippen LogP contribution in [0.25, 0.3) is 10.9 Å². The Kier molecular flexibility index (Phi) is 22.1. The molecule has 81 heavy (non-hydrogen) atoms. The lowest BCUT2D eigenvalue weighted by Gasteiger charge is -2.38. The molecule has 2 aliphatic heterocycles. The number of carbonyl (C=O) groups excluding carboxylic acids is 5. The molecule has 24 heteroatoms. The smallest absolute Gasteiger partial charge is 0.335 e. The highest BCUT2D eigenvalue weighted by molar-refractivity contribution is 9.10. The number of Topliss-reactive ketones (excluding diaryl/α,β-unsaturated/α-hetero) is 1. The van der Waals surface area contributed by atoms with E-state index in [-0.39, 0.29) is 138 Å². The minimum atomic E-state index is -1.96. The van der Waals surface area contributed by atoms with Crippen molar-refractivity contribution < 1.29 is 77.4 Å². The average molecular weight is 1180 g/mol. The molecule has 2 saturated heterocycles. The van der Waals surface area contributed by atoms with E-state index in [1.165, 1.54) is 11.0 Å². The fourth-order valence-electron chi connectivity index (χ4n) is 9.00. The number of aliphatic hydroxyl groups excluding tert-OH is 3. The molecule has 2 aliphatic rings. The number of carbonyl (C=O) groups is 6. The molecule has 0 radical (unpaired) electrons. The van der Waals surface area contributed by atoms with E-state index in [1.54, 1.807) is 50.2 Å². The van der Waals surface area contributed by atoms with Crippen molar-refractivity contribution in [3.63, 3.8) is 0 Å². The number of halogens is 1. The number of aliphatic carboxylic acids is 1. The summed E-state index contributed by atoms with van der Waals surface area (Å²) in [5.74, 6) is -0.166. The van der Waals surface area contributed by atoms with Gasteiger partial charge in [0, 0.05) is 77.6 Å². The number of carboxylic acid groups (broad SMARTS) is 1. The van der Waals surface area contributed by atoms with Crippen molar-refractivity contribution in [3.05, 3.63) is 122 Å². The number of amides is 4. The van der Waals surface area contributed by atoms with E-state index < -0.39 is 42.6 Å². The highest BCUT2D eigenvalue weighted by atomic mass is 79.9. The molecule has 3 aromatic carbocycles. The van der Waals surface area contributed by atoms with Gasteiger partial charge in [-0.2, -0.15) is 0 Å². The number of ketones is 1. The fourth-order valence-corrected chi connectivity index (χ4v) is 9.46. The minimum Gasteiger partial charge on any atom is -0.479 e. The number of carboxylic acids is 1. The van der Waals surface area contributed by atoms with Gasteiger partial charge in [-0.15, -0.1) is 6.42 Å². The van der Waals surface area contributed by atoms with Crippen LogP contribution in [0.15, 0.2) is 88.4 Å². The number of imide groups is 1. The summed E-state index contributed by atoms with van der Waals surface area (Å²) < 4.78 is 30.2. The van der Waals surface area contributed by atoms with E-state index in [2.05, 4.69) is 42.5 Å². The van der Waals surface area contributed by atoms with Crippen LogP contribution < -0.4 is 30.4 Å². The van der Waals surface area contributed by atoms with Crippen LogP contribution in [0.3, 0.4) is 0 Å². The maximum atomic E-state index is 13.5. The molecule has 4 amide bonds. The second-order valence-electron chi connectivity index (χ2n) is 19.4. The van der Waals surface area contributed by atoms with Gasteiger partial charge in [0.15, 0.2) is 30.8 Å². The maximum absolute atomic E-state index is 13.5. The van der Waals surface area contributed by atoms with Crippen LogP contribution in [0.1, 0.15) is 65.5 Å². The normalized spacial score (nSPS) is 18.9. The van der Waals surface area contributed by atoms with Gasteiger partial charge in [0.1, 0.15) is 29.9 Å². The van der Waals surface area contributed by atoms with Crippen molar-refractivity contribution in [2.45, 2.75) is 89.7 Å². The first-order valence-corrected chi connectivity index (χ1v) is 27.0. The first kappa shape index (κ1) is 61.2. The predicted molar refractivity (Wildman–Crippen MR) is 295 cm³/mol. The number of aromatic nitrogens is 3. The first-order valence-electron chi connectivity index (χ1n) is 26.2. The SMILES string of the molecule is C#CCN(Cc1cc2c(=O)[nH]c(C)nc2cc1Br)c1ccc(C(=O)CCc2ccc[n+](Cc3ccc(O[C@@H]4O[C@H](C(=O)O)[C@@H](O)[C@H](O)[C@H]4O)c(NC(=O)CCNC(=O)CCOCCOCCOCCN4C(=O)CC(C)C4=O)c3)c2)cc1. The van der Waals surface area contributed by atoms with Crippen molar-refractivity contribution in [2.24, 2.45) is 5.92 Å². The van der Waals surface area contributed by atoms with Crippen LogP contribution in [0.2, 0.25) is 0 Å². The number of hydrogen-bond donors (Lipinski definition) is 7. The van der Waals surface area contributed by atoms with Gasteiger partial charge in [0.05, 0.1) is 69.3 Å². The number of H-pyrrole nitrogens is 1. The lowest BCUT2D eigenvalue weighted by atomic mass is 9.99. The number of nitrogens with zero attached hydrogens (tertiary/aromatic N) is 4. The summed E-state index contributed by atoms with van der Waals surface area (Å²) in [5.41, 5.74) is 4.06. The van der Waals surface area contributed by atoms with Crippen molar-refractivity contribution in [3.8, 4) is 18.1 Å². The van der Waals surface area contributed by atoms with Crippen LogP contribution in [0.4, 0.5) is 11.4 Å². The van der Waals surface area contributed by atoms with Gasteiger partial charge in [-0.3, -0.25) is 33.7 Å². The molecule has 430 valence electrons. The molecule has 23 nitrogen and oxygen atoms in total. The lowest BCUT2D eigenvalue weighted by molar-refractivity contribution is -0.688. The van der Waals surface area contributed by atoms with E-state index in [1.807, 2.05) is 46.1 Å². The number of likely N-dealkylation sites (tertiary alicyclic amines) is 1. The number of ether oxygens (including phenoxy) is 5. The Balaban J connectivity index is 0.898. The second-order valence-corrected chi connectivity index (χ2v) is 20.3. The molecule has 6 atom stereocenters. The minimum absolute atomic E-state index is 0.00727.